The number of anilines is 4. The second-order valence-electron chi connectivity index (χ2n) is 11.2. The number of nitrogens with zero attached hydrogens (tertiary/aromatic N) is 4. The molecule has 0 radical (unpaired) electrons. The van der Waals surface area contributed by atoms with Gasteiger partial charge < -0.3 is 29.6 Å². The van der Waals surface area contributed by atoms with E-state index < -0.39 is 0 Å². The van der Waals surface area contributed by atoms with Gasteiger partial charge in [-0.2, -0.15) is 0 Å². The minimum absolute atomic E-state index is 0.776. The van der Waals surface area contributed by atoms with Crippen molar-refractivity contribution in [3.05, 3.63) is 109 Å². The number of ether oxygens (including phenoxy) is 4. The number of hydrogen-bond acceptors (Lipinski definition) is 14. The minimum Gasteiger partial charge on any atom is -0.494 e. The Morgan fingerprint density at radius 2 is 0.660 bits per heavy atom. The fraction of sp³-hybridized carbons (Fsp3) is 0.128. The third-order valence-electron chi connectivity index (χ3n) is 7.78. The standard InChI is InChI=1S/2C16H13N3O2S2.C7H8/c2*1-20-9-5-3-7-11-13(9)17-15(22-11)19-16-18-14-10(21-2)6-4-8-12(14)23-16;1-7-5-3-2-4-6-7/h2*3-8H,1-2H3,(H,17,18,19);2-6H,1H3. The maximum Gasteiger partial charge on any atom is 0.190 e. The van der Waals surface area contributed by atoms with E-state index in [-0.39, 0.29) is 0 Å². The van der Waals surface area contributed by atoms with Crippen molar-refractivity contribution < 1.29 is 18.9 Å². The van der Waals surface area contributed by atoms with Crippen molar-refractivity contribution >= 4 is 107 Å². The van der Waals surface area contributed by atoms with Gasteiger partial charge in [0, 0.05) is 0 Å². The number of aromatic nitrogens is 4. The fourth-order valence-electron chi connectivity index (χ4n) is 5.28. The second kappa shape index (κ2) is 16.4. The zero-order chi connectivity index (χ0) is 36.7. The summed E-state index contributed by atoms with van der Waals surface area (Å²) in [5.74, 6) is 3.10. The van der Waals surface area contributed by atoms with Crippen LogP contribution < -0.4 is 29.6 Å². The number of para-hydroxylation sites is 4. The van der Waals surface area contributed by atoms with Crippen molar-refractivity contribution in [1.29, 1.82) is 0 Å². The van der Waals surface area contributed by atoms with Crippen LogP contribution in [0, 0.1) is 6.92 Å². The van der Waals surface area contributed by atoms with Gasteiger partial charge in [0.05, 0.1) is 47.2 Å². The van der Waals surface area contributed by atoms with Crippen LogP contribution in [-0.2, 0) is 0 Å². The molecule has 14 heteroatoms. The first-order valence-corrected chi connectivity index (χ1v) is 19.5. The highest BCUT2D eigenvalue weighted by Gasteiger charge is 2.14. The van der Waals surface area contributed by atoms with Crippen molar-refractivity contribution in [2.45, 2.75) is 6.92 Å². The normalized spacial score (nSPS) is 10.7. The maximum absolute atomic E-state index is 5.36. The first-order chi connectivity index (χ1) is 26.0. The van der Waals surface area contributed by atoms with Gasteiger partial charge in [-0.3, -0.25) is 0 Å². The Kier molecular flexibility index (Phi) is 11.1. The quantitative estimate of drug-likeness (QED) is 0.155. The van der Waals surface area contributed by atoms with Crippen LogP contribution in [0.1, 0.15) is 5.56 Å². The van der Waals surface area contributed by atoms with Gasteiger partial charge in [0.1, 0.15) is 45.1 Å². The number of fused-ring (bicyclic) bond motifs is 4. The molecule has 9 rings (SSSR count). The molecule has 10 nitrogen and oxygen atoms in total. The SMILES string of the molecule is COc1cccc2sc(Nc3nc4c(OC)cccc4s3)nc12.COc1cccc2sc(Nc3nc4c(OC)cccc4s3)nc12.Cc1ccccc1. The van der Waals surface area contributed by atoms with Crippen LogP contribution in [0.25, 0.3) is 40.9 Å². The highest BCUT2D eigenvalue weighted by molar-refractivity contribution is 7.25. The molecule has 0 aliphatic rings. The highest BCUT2D eigenvalue weighted by atomic mass is 32.1. The largest absolute Gasteiger partial charge is 0.494 e. The Hall–Kier alpha value is -5.54. The molecular weight excluding hydrogens is 745 g/mol. The summed E-state index contributed by atoms with van der Waals surface area (Å²) in [7, 11) is 6.62. The zero-order valence-electron chi connectivity index (χ0n) is 29.4. The number of benzene rings is 5. The van der Waals surface area contributed by atoms with Gasteiger partial charge in [-0.25, -0.2) is 19.9 Å². The number of nitrogens with one attached hydrogen (secondary N) is 2. The summed E-state index contributed by atoms with van der Waals surface area (Å²) in [6, 6.07) is 33.9. The molecule has 0 aliphatic carbocycles. The first-order valence-electron chi connectivity index (χ1n) is 16.3. The average molecular weight is 779 g/mol. The van der Waals surface area contributed by atoms with E-state index in [2.05, 4.69) is 49.6 Å². The monoisotopic (exact) mass is 778 g/mol. The highest BCUT2D eigenvalue weighted by Crippen LogP contribution is 2.38. The molecular formula is C39H34N6O4S4. The Morgan fingerprint density at radius 1 is 0.377 bits per heavy atom. The average Bonchev–Trinajstić information content (AvgIpc) is 3.99. The maximum atomic E-state index is 5.36. The van der Waals surface area contributed by atoms with E-state index >= 15 is 0 Å². The number of methoxy groups -OCH3 is 4. The van der Waals surface area contributed by atoms with Gasteiger partial charge >= 0.3 is 0 Å². The third-order valence-corrected chi connectivity index (χ3v) is 11.5. The van der Waals surface area contributed by atoms with Crippen LogP contribution in [-0.4, -0.2) is 48.4 Å². The molecule has 4 heterocycles. The summed E-state index contributed by atoms with van der Waals surface area (Å²) < 4.78 is 25.7. The predicted molar refractivity (Wildman–Crippen MR) is 222 cm³/mol. The Bertz CT molecular complexity index is 2300. The molecule has 0 bridgehead atoms. The van der Waals surface area contributed by atoms with Crippen LogP contribution in [0.4, 0.5) is 20.5 Å². The number of thiazole rings is 4. The molecule has 0 spiro atoms. The second-order valence-corrected chi connectivity index (χ2v) is 15.3. The molecule has 268 valence electrons. The summed E-state index contributed by atoms with van der Waals surface area (Å²) in [5.41, 5.74) is 4.77. The summed E-state index contributed by atoms with van der Waals surface area (Å²) >= 11 is 6.30. The third kappa shape index (κ3) is 8.10. The van der Waals surface area contributed by atoms with Gasteiger partial charge in [0.2, 0.25) is 0 Å². The summed E-state index contributed by atoms with van der Waals surface area (Å²) in [5, 5.41) is 9.75. The predicted octanol–water partition coefficient (Wildman–Crippen LogP) is 11.3. The zero-order valence-corrected chi connectivity index (χ0v) is 32.6. The van der Waals surface area contributed by atoms with Crippen molar-refractivity contribution in [1.82, 2.24) is 19.9 Å². The van der Waals surface area contributed by atoms with E-state index in [0.717, 1.165) is 84.4 Å². The van der Waals surface area contributed by atoms with Crippen molar-refractivity contribution in [3.8, 4) is 23.0 Å². The van der Waals surface area contributed by atoms with E-state index in [1.165, 1.54) is 5.56 Å². The van der Waals surface area contributed by atoms with E-state index in [9.17, 15) is 0 Å². The van der Waals surface area contributed by atoms with Gasteiger partial charge in [0.25, 0.3) is 0 Å². The lowest BCUT2D eigenvalue weighted by molar-refractivity contribution is 0.419. The molecule has 0 saturated carbocycles. The first kappa shape index (κ1) is 35.8. The smallest absolute Gasteiger partial charge is 0.190 e. The van der Waals surface area contributed by atoms with Crippen LogP contribution in [0.3, 0.4) is 0 Å². The van der Waals surface area contributed by atoms with Crippen LogP contribution in [0.2, 0.25) is 0 Å². The number of hydrogen-bond donors (Lipinski definition) is 2. The lowest BCUT2D eigenvalue weighted by Crippen LogP contribution is -1.89. The summed E-state index contributed by atoms with van der Waals surface area (Å²) in [6.45, 7) is 2.08. The van der Waals surface area contributed by atoms with Crippen molar-refractivity contribution in [2.75, 3.05) is 39.1 Å². The molecule has 0 saturated heterocycles. The van der Waals surface area contributed by atoms with Crippen LogP contribution >= 0.6 is 45.3 Å². The topological polar surface area (TPSA) is 113 Å². The molecule has 0 aliphatic heterocycles. The lowest BCUT2D eigenvalue weighted by Gasteiger charge is -1.98. The van der Waals surface area contributed by atoms with Crippen molar-refractivity contribution in [3.63, 3.8) is 0 Å². The fourth-order valence-corrected chi connectivity index (χ4v) is 8.94. The lowest BCUT2D eigenvalue weighted by atomic mass is 10.2. The molecule has 0 fully saturated rings. The molecule has 0 amide bonds. The molecule has 9 aromatic rings. The summed E-state index contributed by atoms with van der Waals surface area (Å²) in [4.78, 5) is 18.4. The van der Waals surface area contributed by atoms with Gasteiger partial charge in [-0.05, 0) is 55.5 Å². The molecule has 4 aromatic heterocycles. The van der Waals surface area contributed by atoms with E-state index in [1.54, 1.807) is 73.8 Å². The Labute approximate surface area is 321 Å². The molecule has 5 aromatic carbocycles. The number of rotatable bonds is 8. The van der Waals surface area contributed by atoms with Gasteiger partial charge in [-0.1, -0.05) is 106 Å². The number of aryl methyl sites for hydroxylation is 1. The van der Waals surface area contributed by atoms with Gasteiger partial charge in [-0.15, -0.1) is 0 Å². The van der Waals surface area contributed by atoms with E-state index in [4.69, 9.17) is 18.9 Å². The molecule has 0 unspecified atom stereocenters. The molecule has 2 N–H and O–H groups in total. The van der Waals surface area contributed by atoms with Gasteiger partial charge in [0.15, 0.2) is 20.5 Å². The van der Waals surface area contributed by atoms with Crippen molar-refractivity contribution in [2.24, 2.45) is 0 Å². The van der Waals surface area contributed by atoms with E-state index in [1.807, 2.05) is 91.0 Å². The van der Waals surface area contributed by atoms with Crippen LogP contribution in [0.15, 0.2) is 103 Å². The molecule has 0 atom stereocenters. The van der Waals surface area contributed by atoms with Crippen LogP contribution in [0.5, 0.6) is 23.0 Å². The Morgan fingerprint density at radius 3 is 0.887 bits per heavy atom. The Balaban J connectivity index is 0.000000139. The summed E-state index contributed by atoms with van der Waals surface area (Å²) in [6.07, 6.45) is 0. The molecule has 53 heavy (non-hydrogen) atoms. The minimum atomic E-state index is 0.776. The van der Waals surface area contributed by atoms with E-state index in [0.29, 0.717) is 0 Å².